The van der Waals surface area contributed by atoms with Crippen LogP contribution in [0.1, 0.15) is 0 Å². The zero-order valence-corrected chi connectivity index (χ0v) is 17.2. The molecule has 3 nitrogen and oxygen atoms in total. The van der Waals surface area contributed by atoms with Crippen LogP contribution in [0.5, 0.6) is 0 Å². The van der Waals surface area contributed by atoms with Gasteiger partial charge in [0, 0.05) is 16.2 Å². The van der Waals surface area contributed by atoms with Crippen LogP contribution in [0.2, 0.25) is 0 Å². The van der Waals surface area contributed by atoms with Gasteiger partial charge in [0.15, 0.2) is 0 Å². The number of rotatable bonds is 2. The third kappa shape index (κ3) is 2.45. The van der Waals surface area contributed by atoms with Crippen molar-refractivity contribution in [2.75, 3.05) is 0 Å². The fourth-order valence-corrected chi connectivity index (χ4v) is 4.78. The lowest BCUT2D eigenvalue weighted by molar-refractivity contribution is 0.654. The average Bonchev–Trinajstić information content (AvgIpc) is 3.39. The van der Waals surface area contributed by atoms with E-state index >= 15 is 0 Å². The summed E-state index contributed by atoms with van der Waals surface area (Å²) in [4.78, 5) is 4.67. The average molecular weight is 410 g/mol. The van der Waals surface area contributed by atoms with Crippen molar-refractivity contribution in [2.24, 2.45) is 0 Å². The van der Waals surface area contributed by atoms with Gasteiger partial charge in [-0.25, -0.2) is 4.98 Å². The van der Waals surface area contributed by atoms with E-state index in [1.54, 1.807) is 0 Å². The van der Waals surface area contributed by atoms with Crippen LogP contribution in [0.3, 0.4) is 0 Å². The number of hydrogen-bond acceptors (Lipinski definition) is 2. The number of benzene rings is 4. The molecule has 7 rings (SSSR count). The number of fused-ring (bicyclic) bond motifs is 6. The van der Waals surface area contributed by atoms with Gasteiger partial charge in [0.05, 0.1) is 28.3 Å². The van der Waals surface area contributed by atoms with E-state index in [9.17, 15) is 0 Å². The first-order chi connectivity index (χ1) is 15.9. The lowest BCUT2D eigenvalue weighted by Crippen LogP contribution is -1.94. The van der Waals surface area contributed by atoms with Crippen molar-refractivity contribution in [1.29, 1.82) is 0 Å². The number of para-hydroxylation sites is 2. The molecule has 4 aromatic carbocycles. The zero-order chi connectivity index (χ0) is 21.1. The van der Waals surface area contributed by atoms with Gasteiger partial charge in [0.2, 0.25) is 5.71 Å². The Bertz CT molecular complexity index is 1770. The summed E-state index contributed by atoms with van der Waals surface area (Å²) in [5.74, 6) is 0. The van der Waals surface area contributed by atoms with Crippen LogP contribution < -0.4 is 0 Å². The van der Waals surface area contributed by atoms with Crippen molar-refractivity contribution in [3.8, 4) is 16.8 Å². The summed E-state index contributed by atoms with van der Waals surface area (Å²) in [6, 6.07) is 36.1. The summed E-state index contributed by atoms with van der Waals surface area (Å²) in [6.07, 6.45) is 1.90. The highest BCUT2D eigenvalue weighted by atomic mass is 16.3. The molecule has 0 radical (unpaired) electrons. The van der Waals surface area contributed by atoms with Gasteiger partial charge in [-0.15, -0.1) is 0 Å². The van der Waals surface area contributed by atoms with Crippen molar-refractivity contribution in [3.05, 3.63) is 109 Å². The summed E-state index contributed by atoms with van der Waals surface area (Å²) >= 11 is 0. The first-order valence-electron chi connectivity index (χ1n) is 10.7. The van der Waals surface area contributed by atoms with Crippen molar-refractivity contribution >= 4 is 43.9 Å². The molecule has 150 valence electrons. The highest BCUT2D eigenvalue weighted by Gasteiger charge is 2.15. The molecular weight excluding hydrogens is 392 g/mol. The van der Waals surface area contributed by atoms with Crippen molar-refractivity contribution < 1.29 is 4.42 Å². The van der Waals surface area contributed by atoms with Gasteiger partial charge in [-0.05, 0) is 41.5 Å². The normalized spacial score (nSPS) is 11.8. The Morgan fingerprint density at radius 1 is 0.562 bits per heavy atom. The van der Waals surface area contributed by atoms with Crippen molar-refractivity contribution in [2.45, 2.75) is 0 Å². The number of aromatic nitrogens is 2. The Hall–Kier alpha value is -4.37. The summed E-state index contributed by atoms with van der Waals surface area (Å²) in [5, 5.41) is 4.59. The second-order valence-electron chi connectivity index (χ2n) is 8.09. The lowest BCUT2D eigenvalue weighted by atomic mass is 10.0. The van der Waals surface area contributed by atoms with Crippen LogP contribution in [-0.2, 0) is 0 Å². The third-order valence-electron chi connectivity index (χ3n) is 6.26. The van der Waals surface area contributed by atoms with Crippen LogP contribution in [0.15, 0.2) is 114 Å². The Labute approximate surface area is 184 Å². The molecule has 0 saturated carbocycles. The standard InChI is InChI=1S/C29H18N2O/c1-2-8-19(9-3-1)20-14-15-27-24(16-20)22-10-4-6-12-26(22)31(27)21-17-25-23-11-5-7-13-28(23)32-29(25)30-18-21/h1-18H. The Balaban J connectivity index is 1.53. The molecule has 0 N–H and O–H groups in total. The molecule has 0 spiro atoms. The molecular formula is C29H18N2O. The predicted octanol–water partition coefficient (Wildman–Crippen LogP) is 7.75. The van der Waals surface area contributed by atoms with Crippen LogP contribution in [0.25, 0.3) is 60.7 Å². The molecule has 0 bridgehead atoms. The number of nitrogens with zero attached hydrogens (tertiary/aromatic N) is 2. The van der Waals surface area contributed by atoms with E-state index in [-0.39, 0.29) is 0 Å². The van der Waals surface area contributed by atoms with E-state index in [2.05, 4.69) is 94.5 Å². The highest BCUT2D eigenvalue weighted by molar-refractivity contribution is 6.11. The van der Waals surface area contributed by atoms with Gasteiger partial charge >= 0.3 is 0 Å². The van der Waals surface area contributed by atoms with Crippen LogP contribution in [-0.4, -0.2) is 9.55 Å². The van der Waals surface area contributed by atoms with Crippen molar-refractivity contribution in [1.82, 2.24) is 9.55 Å². The van der Waals surface area contributed by atoms with Gasteiger partial charge < -0.3 is 8.98 Å². The Morgan fingerprint density at radius 2 is 1.31 bits per heavy atom. The molecule has 0 aliphatic rings. The van der Waals surface area contributed by atoms with E-state index in [4.69, 9.17) is 4.42 Å². The molecule has 7 aromatic rings. The first-order valence-corrected chi connectivity index (χ1v) is 10.7. The van der Waals surface area contributed by atoms with E-state index in [0.717, 1.165) is 22.0 Å². The molecule has 0 aliphatic heterocycles. The SMILES string of the molecule is c1ccc(-c2ccc3c(c2)c2ccccc2n3-c2cnc3oc4ccccc4c3c2)cc1. The quantitative estimate of drug-likeness (QED) is 0.292. The first kappa shape index (κ1) is 17.3. The second kappa shape index (κ2) is 6.56. The molecule has 0 unspecified atom stereocenters. The number of furan rings is 1. The topological polar surface area (TPSA) is 31.0 Å². The molecule has 3 heterocycles. The van der Waals surface area contributed by atoms with Gasteiger partial charge in [-0.3, -0.25) is 0 Å². The van der Waals surface area contributed by atoms with E-state index in [1.807, 2.05) is 24.4 Å². The molecule has 3 heteroatoms. The molecule has 0 atom stereocenters. The van der Waals surface area contributed by atoms with E-state index < -0.39 is 0 Å². The summed E-state index contributed by atoms with van der Waals surface area (Å²) in [7, 11) is 0. The van der Waals surface area contributed by atoms with Crippen LogP contribution in [0, 0.1) is 0 Å². The lowest BCUT2D eigenvalue weighted by Gasteiger charge is -2.08. The molecule has 32 heavy (non-hydrogen) atoms. The van der Waals surface area contributed by atoms with Gasteiger partial charge in [0.1, 0.15) is 5.58 Å². The largest absolute Gasteiger partial charge is 0.438 e. The van der Waals surface area contributed by atoms with Crippen LogP contribution >= 0.6 is 0 Å². The summed E-state index contributed by atoms with van der Waals surface area (Å²) in [5.41, 5.74) is 7.34. The maximum atomic E-state index is 5.94. The Kier molecular flexibility index (Phi) is 3.55. The molecule has 0 amide bonds. The van der Waals surface area contributed by atoms with Crippen LogP contribution in [0.4, 0.5) is 0 Å². The summed E-state index contributed by atoms with van der Waals surface area (Å²) < 4.78 is 8.24. The van der Waals surface area contributed by atoms with Crippen molar-refractivity contribution in [3.63, 3.8) is 0 Å². The number of pyridine rings is 1. The van der Waals surface area contributed by atoms with E-state index in [1.165, 1.54) is 32.9 Å². The maximum Gasteiger partial charge on any atom is 0.227 e. The fourth-order valence-electron chi connectivity index (χ4n) is 4.78. The summed E-state index contributed by atoms with van der Waals surface area (Å²) in [6.45, 7) is 0. The zero-order valence-electron chi connectivity index (χ0n) is 17.2. The maximum absolute atomic E-state index is 5.94. The second-order valence-corrected chi connectivity index (χ2v) is 8.09. The van der Waals surface area contributed by atoms with Gasteiger partial charge in [-0.2, -0.15) is 0 Å². The van der Waals surface area contributed by atoms with Gasteiger partial charge in [0.25, 0.3) is 0 Å². The third-order valence-corrected chi connectivity index (χ3v) is 6.26. The smallest absolute Gasteiger partial charge is 0.227 e. The molecule has 3 aromatic heterocycles. The molecule has 0 fully saturated rings. The fraction of sp³-hybridized carbons (Fsp3) is 0. The highest BCUT2D eigenvalue weighted by Crippen LogP contribution is 2.36. The van der Waals surface area contributed by atoms with Gasteiger partial charge in [-0.1, -0.05) is 72.8 Å². The minimum Gasteiger partial charge on any atom is -0.438 e. The minimum absolute atomic E-state index is 0.669. The molecule has 0 aliphatic carbocycles. The molecule has 0 saturated heterocycles. The number of hydrogen-bond donors (Lipinski definition) is 0. The predicted molar refractivity (Wildman–Crippen MR) is 131 cm³/mol. The van der Waals surface area contributed by atoms with E-state index in [0.29, 0.717) is 5.71 Å². The minimum atomic E-state index is 0.669. The monoisotopic (exact) mass is 410 g/mol. The Morgan fingerprint density at radius 3 is 2.22 bits per heavy atom.